The van der Waals surface area contributed by atoms with E-state index >= 15 is 0 Å². The number of hydrogen-bond donors (Lipinski definition) is 0. The van der Waals surface area contributed by atoms with Crippen molar-refractivity contribution >= 4 is 0 Å². The highest BCUT2D eigenvalue weighted by molar-refractivity contribution is 4.78. The summed E-state index contributed by atoms with van der Waals surface area (Å²) in [5, 5.41) is 0. The number of alkyl halides is 1. The maximum Gasteiger partial charge on any atom is 0.0919 e. The minimum Gasteiger partial charge on any atom is -0.378 e. The quantitative estimate of drug-likeness (QED) is 0.616. The molecule has 66 valence electrons. The summed E-state index contributed by atoms with van der Waals surface area (Å²) in [6, 6.07) is 0. The Morgan fingerprint density at radius 3 is 2.82 bits per heavy atom. The number of hydrogen-bond acceptors (Lipinski definition) is 1. The lowest BCUT2D eigenvalue weighted by Gasteiger charge is -2.20. The van der Waals surface area contributed by atoms with Gasteiger partial charge in [-0.05, 0) is 18.3 Å². The van der Waals surface area contributed by atoms with Crippen molar-refractivity contribution in [3.8, 4) is 0 Å². The molecule has 1 saturated heterocycles. The maximum atomic E-state index is 12.0. The molecule has 0 bridgehead atoms. The highest BCUT2D eigenvalue weighted by atomic mass is 19.1. The first kappa shape index (κ1) is 8.98. The maximum absolute atomic E-state index is 12.0. The van der Waals surface area contributed by atoms with Crippen LogP contribution < -0.4 is 0 Å². The van der Waals surface area contributed by atoms with Crippen molar-refractivity contribution in [3.05, 3.63) is 0 Å². The van der Waals surface area contributed by atoms with E-state index in [0.29, 0.717) is 18.3 Å². The highest BCUT2D eigenvalue weighted by Gasteiger charge is 2.29. The fourth-order valence-electron chi connectivity index (χ4n) is 1.83. The van der Waals surface area contributed by atoms with E-state index in [9.17, 15) is 4.39 Å². The van der Waals surface area contributed by atoms with Crippen molar-refractivity contribution in [2.75, 3.05) is 13.3 Å². The average molecular weight is 160 g/mol. The van der Waals surface area contributed by atoms with E-state index in [1.165, 1.54) is 0 Å². The van der Waals surface area contributed by atoms with Gasteiger partial charge in [0.25, 0.3) is 0 Å². The zero-order chi connectivity index (χ0) is 8.27. The van der Waals surface area contributed by atoms with Crippen LogP contribution >= 0.6 is 0 Å². The Hall–Kier alpha value is -0.110. The third-order valence-electron chi connectivity index (χ3n) is 2.51. The summed E-state index contributed by atoms with van der Waals surface area (Å²) in [6.45, 7) is 4.95. The molecule has 0 aromatic carbocycles. The third-order valence-corrected chi connectivity index (χ3v) is 2.51. The van der Waals surface area contributed by atoms with E-state index in [0.717, 1.165) is 13.0 Å². The molecule has 0 spiro atoms. The molecule has 1 nitrogen and oxygen atoms in total. The van der Waals surface area contributed by atoms with E-state index in [1.807, 2.05) is 0 Å². The molecule has 2 heteroatoms. The van der Waals surface area contributed by atoms with Gasteiger partial charge < -0.3 is 4.74 Å². The van der Waals surface area contributed by atoms with Crippen LogP contribution in [0.25, 0.3) is 0 Å². The number of ether oxygens (including phenoxy) is 1. The van der Waals surface area contributed by atoms with Gasteiger partial charge in [-0.25, -0.2) is 0 Å². The standard InChI is InChI=1S/C9H17FO/c1-7(2)8-4-6-11-9(8)3-5-10/h7-9H,3-6H2,1-2H3. The van der Waals surface area contributed by atoms with Crippen LogP contribution in [0.2, 0.25) is 0 Å². The molecule has 1 heterocycles. The van der Waals surface area contributed by atoms with Gasteiger partial charge in [0.2, 0.25) is 0 Å². The minimum atomic E-state index is -0.242. The summed E-state index contributed by atoms with van der Waals surface area (Å²) in [7, 11) is 0. The fraction of sp³-hybridized carbons (Fsp3) is 1.00. The van der Waals surface area contributed by atoms with Crippen LogP contribution in [0.1, 0.15) is 26.7 Å². The van der Waals surface area contributed by atoms with Crippen molar-refractivity contribution < 1.29 is 9.13 Å². The van der Waals surface area contributed by atoms with Gasteiger partial charge >= 0.3 is 0 Å². The Kier molecular flexibility index (Phi) is 3.31. The molecule has 1 fully saturated rings. The first-order valence-corrected chi connectivity index (χ1v) is 4.43. The minimum absolute atomic E-state index is 0.194. The van der Waals surface area contributed by atoms with Crippen LogP contribution in [0.15, 0.2) is 0 Å². The van der Waals surface area contributed by atoms with Crippen molar-refractivity contribution in [3.63, 3.8) is 0 Å². The summed E-state index contributed by atoms with van der Waals surface area (Å²) in [6.07, 6.45) is 1.89. The Morgan fingerprint density at radius 2 is 2.27 bits per heavy atom. The molecule has 0 amide bonds. The van der Waals surface area contributed by atoms with Gasteiger partial charge in [-0.3, -0.25) is 4.39 Å². The summed E-state index contributed by atoms with van der Waals surface area (Å²) >= 11 is 0. The van der Waals surface area contributed by atoms with Crippen molar-refractivity contribution in [2.45, 2.75) is 32.8 Å². The summed E-state index contributed by atoms with van der Waals surface area (Å²) in [5.41, 5.74) is 0. The second kappa shape index (κ2) is 4.05. The van der Waals surface area contributed by atoms with Crippen LogP contribution in [-0.2, 0) is 4.74 Å². The SMILES string of the molecule is CC(C)C1CCOC1CCF. The van der Waals surface area contributed by atoms with Crippen LogP contribution in [0, 0.1) is 11.8 Å². The molecule has 0 aliphatic carbocycles. The molecule has 0 radical (unpaired) electrons. The monoisotopic (exact) mass is 160 g/mol. The molecule has 0 saturated carbocycles. The van der Waals surface area contributed by atoms with E-state index < -0.39 is 0 Å². The summed E-state index contributed by atoms with van der Waals surface area (Å²) in [5.74, 6) is 1.22. The van der Waals surface area contributed by atoms with Crippen LogP contribution in [0.4, 0.5) is 4.39 Å². The second-order valence-electron chi connectivity index (χ2n) is 3.58. The molecular weight excluding hydrogens is 143 g/mol. The normalized spacial score (nSPS) is 31.6. The van der Waals surface area contributed by atoms with Crippen molar-refractivity contribution in [2.24, 2.45) is 11.8 Å². The zero-order valence-corrected chi connectivity index (χ0v) is 7.35. The van der Waals surface area contributed by atoms with Gasteiger partial charge in [0.1, 0.15) is 0 Å². The lowest BCUT2D eigenvalue weighted by molar-refractivity contribution is 0.0669. The van der Waals surface area contributed by atoms with Gasteiger partial charge in [-0.1, -0.05) is 13.8 Å². The van der Waals surface area contributed by atoms with E-state index in [-0.39, 0.29) is 12.8 Å². The smallest absolute Gasteiger partial charge is 0.0919 e. The highest BCUT2D eigenvalue weighted by Crippen LogP contribution is 2.29. The van der Waals surface area contributed by atoms with E-state index in [2.05, 4.69) is 13.8 Å². The van der Waals surface area contributed by atoms with Gasteiger partial charge in [0.15, 0.2) is 0 Å². The van der Waals surface area contributed by atoms with Crippen LogP contribution in [-0.4, -0.2) is 19.4 Å². The topological polar surface area (TPSA) is 9.23 Å². The van der Waals surface area contributed by atoms with Crippen molar-refractivity contribution in [1.29, 1.82) is 0 Å². The molecule has 0 N–H and O–H groups in total. The molecule has 1 rings (SSSR count). The molecule has 0 aromatic heterocycles. The number of rotatable bonds is 3. The molecule has 11 heavy (non-hydrogen) atoms. The number of halogens is 1. The molecule has 2 unspecified atom stereocenters. The zero-order valence-electron chi connectivity index (χ0n) is 7.35. The van der Waals surface area contributed by atoms with Crippen molar-refractivity contribution in [1.82, 2.24) is 0 Å². The van der Waals surface area contributed by atoms with E-state index in [1.54, 1.807) is 0 Å². The molecule has 1 aliphatic rings. The van der Waals surface area contributed by atoms with E-state index in [4.69, 9.17) is 4.74 Å². The Morgan fingerprint density at radius 1 is 1.55 bits per heavy atom. The van der Waals surface area contributed by atoms with Gasteiger partial charge in [-0.2, -0.15) is 0 Å². The predicted octanol–water partition coefficient (Wildman–Crippen LogP) is 2.41. The summed E-state index contributed by atoms with van der Waals surface area (Å²) < 4.78 is 17.4. The lowest BCUT2D eigenvalue weighted by atomic mass is 9.88. The largest absolute Gasteiger partial charge is 0.378 e. The van der Waals surface area contributed by atoms with Gasteiger partial charge in [0, 0.05) is 13.0 Å². The molecule has 1 aliphatic heterocycles. The summed E-state index contributed by atoms with van der Waals surface area (Å²) in [4.78, 5) is 0. The van der Waals surface area contributed by atoms with Gasteiger partial charge in [0.05, 0.1) is 12.8 Å². The Labute approximate surface area is 67.9 Å². The lowest BCUT2D eigenvalue weighted by Crippen LogP contribution is -2.21. The Balaban J connectivity index is 2.37. The van der Waals surface area contributed by atoms with Crippen LogP contribution in [0.5, 0.6) is 0 Å². The molecule has 2 atom stereocenters. The molecular formula is C9H17FO. The average Bonchev–Trinajstić information content (AvgIpc) is 2.36. The fourth-order valence-corrected chi connectivity index (χ4v) is 1.83. The molecule has 0 aromatic rings. The van der Waals surface area contributed by atoms with Crippen LogP contribution in [0.3, 0.4) is 0 Å². The third kappa shape index (κ3) is 2.16. The predicted molar refractivity (Wildman–Crippen MR) is 43.3 cm³/mol. The second-order valence-corrected chi connectivity index (χ2v) is 3.58. The first-order chi connectivity index (χ1) is 5.25. The first-order valence-electron chi connectivity index (χ1n) is 4.43. The van der Waals surface area contributed by atoms with Gasteiger partial charge in [-0.15, -0.1) is 0 Å². The Bertz CT molecular complexity index is 114.